The van der Waals surface area contributed by atoms with Crippen LogP contribution in [0.5, 0.6) is 0 Å². The van der Waals surface area contributed by atoms with Gasteiger partial charge >= 0.3 is 6.18 Å². The molecule has 1 aromatic carbocycles. The van der Waals surface area contributed by atoms with E-state index in [1.807, 2.05) is 29.2 Å². The minimum absolute atomic E-state index is 0.110. The second-order valence-corrected chi connectivity index (χ2v) is 4.01. The zero-order valence-corrected chi connectivity index (χ0v) is 9.80. The van der Waals surface area contributed by atoms with Gasteiger partial charge in [0.15, 0.2) is 0 Å². The van der Waals surface area contributed by atoms with Crippen LogP contribution in [-0.4, -0.2) is 19.8 Å². The first-order chi connectivity index (χ1) is 7.92. The van der Waals surface area contributed by atoms with Gasteiger partial charge in [-0.2, -0.15) is 13.2 Å². The molecular weight excluding hydrogens is 229 g/mol. The Morgan fingerprint density at radius 2 is 1.76 bits per heavy atom. The number of hydrogen-bond acceptors (Lipinski definition) is 2. The van der Waals surface area contributed by atoms with Gasteiger partial charge in [-0.05, 0) is 24.1 Å². The van der Waals surface area contributed by atoms with Gasteiger partial charge in [0, 0.05) is 32.2 Å². The Bertz CT molecular complexity index is 333. The van der Waals surface area contributed by atoms with Crippen LogP contribution < -0.4 is 10.6 Å². The number of alkyl halides is 3. The van der Waals surface area contributed by atoms with Crippen LogP contribution >= 0.6 is 0 Å². The fourth-order valence-electron chi connectivity index (χ4n) is 1.53. The molecule has 1 rings (SSSR count). The molecule has 0 saturated heterocycles. The second kappa shape index (κ2) is 5.91. The van der Waals surface area contributed by atoms with Crippen molar-refractivity contribution in [3.05, 3.63) is 29.8 Å². The molecule has 0 saturated carbocycles. The summed E-state index contributed by atoms with van der Waals surface area (Å²) in [5.41, 5.74) is 7.38. The van der Waals surface area contributed by atoms with E-state index in [2.05, 4.69) is 0 Å². The summed E-state index contributed by atoms with van der Waals surface area (Å²) in [5.74, 6) is 0. The van der Waals surface area contributed by atoms with Gasteiger partial charge < -0.3 is 10.6 Å². The van der Waals surface area contributed by atoms with Crippen molar-refractivity contribution >= 4 is 5.69 Å². The Morgan fingerprint density at radius 1 is 1.18 bits per heavy atom. The van der Waals surface area contributed by atoms with Crippen LogP contribution in [0.4, 0.5) is 18.9 Å². The molecule has 17 heavy (non-hydrogen) atoms. The number of nitrogens with two attached hydrogens (primary N) is 1. The Hall–Kier alpha value is -1.23. The van der Waals surface area contributed by atoms with E-state index in [9.17, 15) is 13.2 Å². The van der Waals surface area contributed by atoms with Crippen LogP contribution in [0.15, 0.2) is 24.3 Å². The summed E-state index contributed by atoms with van der Waals surface area (Å²) in [4.78, 5) is 1.81. The molecule has 2 N–H and O–H groups in total. The van der Waals surface area contributed by atoms with Crippen LogP contribution in [0, 0.1) is 0 Å². The smallest absolute Gasteiger partial charge is 0.375 e. The van der Waals surface area contributed by atoms with Gasteiger partial charge in [-0.25, -0.2) is 0 Å². The normalized spacial score (nSPS) is 11.6. The van der Waals surface area contributed by atoms with E-state index >= 15 is 0 Å². The Kier molecular flexibility index (Phi) is 4.81. The fraction of sp³-hybridized carbons (Fsp3) is 0.500. The number of benzene rings is 1. The summed E-state index contributed by atoms with van der Waals surface area (Å²) >= 11 is 0. The van der Waals surface area contributed by atoms with Crippen LogP contribution in [0.2, 0.25) is 0 Å². The maximum Gasteiger partial charge on any atom is 0.389 e. The summed E-state index contributed by atoms with van der Waals surface area (Å²) in [6.07, 6.45) is -4.69. The third kappa shape index (κ3) is 5.08. The number of nitrogens with zero attached hydrogens (tertiary/aromatic N) is 1. The van der Waals surface area contributed by atoms with E-state index < -0.39 is 12.6 Å². The Balaban J connectivity index is 2.43. The van der Waals surface area contributed by atoms with Crippen LogP contribution in [0.3, 0.4) is 0 Å². The molecule has 96 valence electrons. The largest absolute Gasteiger partial charge is 0.389 e. The molecule has 2 nitrogen and oxygen atoms in total. The fourth-order valence-corrected chi connectivity index (χ4v) is 1.53. The van der Waals surface area contributed by atoms with Gasteiger partial charge in [0.05, 0.1) is 0 Å². The molecule has 0 fully saturated rings. The molecule has 0 heterocycles. The lowest BCUT2D eigenvalue weighted by Gasteiger charge is -2.19. The molecule has 0 aliphatic heterocycles. The lowest BCUT2D eigenvalue weighted by Crippen LogP contribution is -2.20. The van der Waals surface area contributed by atoms with Gasteiger partial charge in [-0.3, -0.25) is 0 Å². The van der Waals surface area contributed by atoms with Crippen molar-refractivity contribution in [1.29, 1.82) is 0 Å². The van der Waals surface area contributed by atoms with Crippen molar-refractivity contribution in [3.8, 4) is 0 Å². The molecule has 0 amide bonds. The molecule has 0 radical (unpaired) electrons. The van der Waals surface area contributed by atoms with Crippen LogP contribution in [0.25, 0.3) is 0 Å². The third-order valence-electron chi connectivity index (χ3n) is 2.57. The van der Waals surface area contributed by atoms with Crippen LogP contribution in [0.1, 0.15) is 18.4 Å². The zero-order chi connectivity index (χ0) is 12.9. The van der Waals surface area contributed by atoms with Crippen LogP contribution in [-0.2, 0) is 6.54 Å². The highest BCUT2D eigenvalue weighted by atomic mass is 19.4. The minimum Gasteiger partial charge on any atom is -0.375 e. The summed E-state index contributed by atoms with van der Waals surface area (Å²) in [5, 5.41) is 0. The van der Waals surface area contributed by atoms with Gasteiger partial charge in [0.2, 0.25) is 0 Å². The molecule has 0 unspecified atom stereocenters. The molecular formula is C12H17F3N2. The van der Waals surface area contributed by atoms with E-state index in [4.69, 9.17) is 5.73 Å². The topological polar surface area (TPSA) is 29.3 Å². The van der Waals surface area contributed by atoms with E-state index in [0.29, 0.717) is 13.1 Å². The Labute approximate surface area is 99.2 Å². The second-order valence-electron chi connectivity index (χ2n) is 4.01. The van der Waals surface area contributed by atoms with Gasteiger partial charge in [-0.1, -0.05) is 12.1 Å². The predicted octanol–water partition coefficient (Wildman–Crippen LogP) is 2.92. The lowest BCUT2D eigenvalue weighted by atomic mass is 10.2. The summed E-state index contributed by atoms with van der Waals surface area (Å²) in [6.45, 7) is 0.861. The molecule has 0 atom stereocenters. The van der Waals surface area contributed by atoms with Gasteiger partial charge in [-0.15, -0.1) is 0 Å². The molecule has 1 aromatic rings. The van der Waals surface area contributed by atoms with E-state index in [-0.39, 0.29) is 6.42 Å². The molecule has 0 aromatic heterocycles. The maximum absolute atomic E-state index is 12.0. The molecule has 0 spiro atoms. The van der Waals surface area contributed by atoms with E-state index in [1.54, 1.807) is 7.05 Å². The Morgan fingerprint density at radius 3 is 2.24 bits per heavy atom. The van der Waals surface area contributed by atoms with E-state index in [0.717, 1.165) is 11.3 Å². The minimum atomic E-state index is -4.07. The SMILES string of the molecule is CN(CCCC(F)(F)F)c1ccc(CN)cc1. The number of hydrogen-bond donors (Lipinski definition) is 1. The molecule has 0 aliphatic rings. The molecule has 0 bridgehead atoms. The summed E-state index contributed by atoms with van der Waals surface area (Å²) < 4.78 is 35.9. The van der Waals surface area contributed by atoms with Crippen molar-refractivity contribution < 1.29 is 13.2 Å². The molecule has 0 aliphatic carbocycles. The van der Waals surface area contributed by atoms with Gasteiger partial charge in [0.25, 0.3) is 0 Å². The summed E-state index contributed by atoms with van der Waals surface area (Å²) in [6, 6.07) is 7.51. The maximum atomic E-state index is 12.0. The van der Waals surface area contributed by atoms with Crippen molar-refractivity contribution in [2.75, 3.05) is 18.5 Å². The first-order valence-corrected chi connectivity index (χ1v) is 5.49. The zero-order valence-electron chi connectivity index (χ0n) is 9.80. The highest BCUT2D eigenvalue weighted by Crippen LogP contribution is 2.22. The quantitative estimate of drug-likeness (QED) is 0.865. The lowest BCUT2D eigenvalue weighted by molar-refractivity contribution is -0.135. The van der Waals surface area contributed by atoms with Crippen molar-refractivity contribution in [1.82, 2.24) is 0 Å². The first-order valence-electron chi connectivity index (χ1n) is 5.49. The monoisotopic (exact) mass is 246 g/mol. The average molecular weight is 246 g/mol. The van der Waals surface area contributed by atoms with Crippen molar-refractivity contribution in [3.63, 3.8) is 0 Å². The third-order valence-corrected chi connectivity index (χ3v) is 2.57. The number of halogens is 3. The average Bonchev–Trinajstić information content (AvgIpc) is 2.27. The predicted molar refractivity (Wildman–Crippen MR) is 62.9 cm³/mol. The van der Waals surface area contributed by atoms with Crippen molar-refractivity contribution in [2.24, 2.45) is 5.73 Å². The molecule has 5 heteroatoms. The van der Waals surface area contributed by atoms with Crippen molar-refractivity contribution in [2.45, 2.75) is 25.6 Å². The summed E-state index contributed by atoms with van der Waals surface area (Å²) in [7, 11) is 1.79. The highest BCUT2D eigenvalue weighted by molar-refractivity contribution is 5.46. The van der Waals surface area contributed by atoms with E-state index in [1.165, 1.54) is 0 Å². The first kappa shape index (κ1) is 13.8. The highest BCUT2D eigenvalue weighted by Gasteiger charge is 2.26. The number of rotatable bonds is 5. The standard InChI is InChI=1S/C12H17F3N2/c1-17(8-2-7-12(13,14)15)11-5-3-10(9-16)4-6-11/h3-6H,2,7-9,16H2,1H3. The van der Waals surface area contributed by atoms with Gasteiger partial charge in [0.1, 0.15) is 0 Å². The number of anilines is 1.